The minimum Gasteiger partial charge on any atom is -0.477 e. The summed E-state index contributed by atoms with van der Waals surface area (Å²) >= 11 is 1.20. The van der Waals surface area contributed by atoms with Gasteiger partial charge in [-0.1, -0.05) is 6.92 Å². The second kappa shape index (κ2) is 6.67. The van der Waals surface area contributed by atoms with Gasteiger partial charge in [0.05, 0.1) is 24.4 Å². The van der Waals surface area contributed by atoms with Crippen molar-refractivity contribution in [2.75, 3.05) is 19.0 Å². The Labute approximate surface area is 131 Å². The lowest BCUT2D eigenvalue weighted by molar-refractivity contribution is -0.157. The number of aliphatic hydroxyl groups excluding tert-OH is 1. The summed E-state index contributed by atoms with van der Waals surface area (Å²) in [6.45, 7) is 1.62. The number of β-lactam (4-membered cyclic amide) rings is 1. The highest BCUT2D eigenvalue weighted by atomic mass is 32.2. The Balaban J connectivity index is 2.14. The van der Waals surface area contributed by atoms with Crippen molar-refractivity contribution in [2.24, 2.45) is 17.6 Å². The van der Waals surface area contributed by atoms with Crippen LogP contribution in [0.25, 0.3) is 0 Å². The van der Waals surface area contributed by atoms with Crippen LogP contribution >= 0.6 is 11.8 Å². The average Bonchev–Trinajstić information content (AvgIpc) is 2.74. The van der Waals surface area contributed by atoms with Crippen molar-refractivity contribution in [3.05, 3.63) is 10.6 Å². The second-order valence-electron chi connectivity index (χ2n) is 5.22. The zero-order valence-electron chi connectivity index (χ0n) is 12.1. The Hall–Kier alpha value is -1.58. The first kappa shape index (κ1) is 16.8. The number of aliphatic carboxylic acids is 1. The molecular formula is C13H19N3O5S. The van der Waals surface area contributed by atoms with E-state index in [-0.39, 0.29) is 54.4 Å². The van der Waals surface area contributed by atoms with Crippen molar-refractivity contribution < 1.29 is 24.6 Å². The lowest BCUT2D eigenvalue weighted by atomic mass is 9.80. The number of fused-ring (bicyclic) bond motifs is 1. The van der Waals surface area contributed by atoms with Crippen LogP contribution < -0.4 is 11.1 Å². The Morgan fingerprint density at radius 3 is 2.68 bits per heavy atom. The number of hydrogen-bond acceptors (Lipinski definition) is 6. The summed E-state index contributed by atoms with van der Waals surface area (Å²) in [6, 6.07) is -0.224. The van der Waals surface area contributed by atoms with Gasteiger partial charge in [-0.25, -0.2) is 4.79 Å². The summed E-state index contributed by atoms with van der Waals surface area (Å²) in [5, 5.41) is 21.0. The van der Waals surface area contributed by atoms with Gasteiger partial charge in [0.1, 0.15) is 5.70 Å². The largest absolute Gasteiger partial charge is 0.477 e. The van der Waals surface area contributed by atoms with E-state index in [1.165, 1.54) is 16.7 Å². The molecule has 122 valence electrons. The van der Waals surface area contributed by atoms with E-state index >= 15 is 0 Å². The maximum absolute atomic E-state index is 12.1. The molecule has 0 aliphatic carbocycles. The quantitative estimate of drug-likeness (QED) is 0.344. The van der Waals surface area contributed by atoms with Crippen molar-refractivity contribution in [1.29, 1.82) is 0 Å². The van der Waals surface area contributed by atoms with E-state index in [2.05, 4.69) is 5.32 Å². The molecule has 0 spiro atoms. The molecule has 0 radical (unpaired) electrons. The molecule has 0 aromatic heterocycles. The number of hydrogen-bond donors (Lipinski definition) is 4. The zero-order chi connectivity index (χ0) is 16.4. The normalized spacial score (nSPS) is 26.8. The number of rotatable bonds is 7. The van der Waals surface area contributed by atoms with Crippen LogP contribution in [0.2, 0.25) is 0 Å². The molecule has 8 nitrogen and oxygen atoms in total. The van der Waals surface area contributed by atoms with Crippen LogP contribution in [0.1, 0.15) is 13.3 Å². The molecule has 1 saturated heterocycles. The van der Waals surface area contributed by atoms with Gasteiger partial charge in [-0.3, -0.25) is 9.59 Å². The Kier molecular flexibility index (Phi) is 5.09. The van der Waals surface area contributed by atoms with Gasteiger partial charge >= 0.3 is 5.97 Å². The topological polar surface area (TPSA) is 133 Å². The summed E-state index contributed by atoms with van der Waals surface area (Å²) in [7, 11) is 0. The Morgan fingerprint density at radius 1 is 1.45 bits per heavy atom. The summed E-state index contributed by atoms with van der Waals surface area (Å²) < 4.78 is 0. The third-order valence-corrected chi connectivity index (χ3v) is 5.16. The number of thioether (sulfide) groups is 1. The van der Waals surface area contributed by atoms with E-state index in [1.807, 2.05) is 6.92 Å². The number of aliphatic hydroxyl groups is 1. The van der Waals surface area contributed by atoms with E-state index in [0.29, 0.717) is 11.3 Å². The first-order valence-corrected chi connectivity index (χ1v) is 7.93. The number of nitrogens with zero attached hydrogens (tertiary/aromatic N) is 1. The van der Waals surface area contributed by atoms with E-state index in [4.69, 9.17) is 10.8 Å². The van der Waals surface area contributed by atoms with Crippen LogP contribution in [-0.2, 0) is 14.4 Å². The fourth-order valence-electron chi connectivity index (χ4n) is 3.00. The van der Waals surface area contributed by atoms with E-state index in [0.717, 1.165) is 0 Å². The molecular weight excluding hydrogens is 310 g/mol. The number of carbonyl (C=O) groups is 3. The number of carboxylic acid groups (broad SMARTS) is 1. The van der Waals surface area contributed by atoms with E-state index < -0.39 is 5.97 Å². The van der Waals surface area contributed by atoms with Crippen LogP contribution in [0.5, 0.6) is 0 Å². The lowest BCUT2D eigenvalue weighted by Crippen LogP contribution is -2.60. The number of nitrogens with two attached hydrogens (primary N) is 1. The van der Waals surface area contributed by atoms with Gasteiger partial charge in [-0.05, 0) is 6.42 Å². The maximum Gasteiger partial charge on any atom is 0.353 e. The fraction of sp³-hybridized carbons (Fsp3) is 0.615. The van der Waals surface area contributed by atoms with E-state index in [1.54, 1.807) is 0 Å². The van der Waals surface area contributed by atoms with Gasteiger partial charge in [-0.2, -0.15) is 0 Å². The molecule has 22 heavy (non-hydrogen) atoms. The van der Waals surface area contributed by atoms with Gasteiger partial charge in [0, 0.05) is 17.4 Å². The zero-order valence-corrected chi connectivity index (χ0v) is 12.9. The van der Waals surface area contributed by atoms with Crippen molar-refractivity contribution in [1.82, 2.24) is 10.2 Å². The predicted molar refractivity (Wildman–Crippen MR) is 79.3 cm³/mol. The molecule has 3 atom stereocenters. The van der Waals surface area contributed by atoms with Crippen LogP contribution in [0.4, 0.5) is 0 Å². The smallest absolute Gasteiger partial charge is 0.353 e. The van der Waals surface area contributed by atoms with Gasteiger partial charge in [0.25, 0.3) is 0 Å². The Morgan fingerprint density at radius 2 is 2.14 bits per heavy atom. The SMILES string of the molecule is C[C@H]1C(SCNC(=O)CN)=C(C(=O)O)N2C(=O)[C@@H](CCO)[C@@H]12. The van der Waals surface area contributed by atoms with Crippen LogP contribution in [-0.4, -0.2) is 58.0 Å². The number of nitrogens with one attached hydrogen (secondary N) is 1. The van der Waals surface area contributed by atoms with Crippen molar-refractivity contribution in [3.8, 4) is 0 Å². The second-order valence-corrected chi connectivity index (χ2v) is 6.23. The van der Waals surface area contributed by atoms with Crippen LogP contribution in [0.3, 0.4) is 0 Å². The van der Waals surface area contributed by atoms with Gasteiger partial charge in [0.2, 0.25) is 11.8 Å². The first-order chi connectivity index (χ1) is 10.4. The van der Waals surface area contributed by atoms with E-state index in [9.17, 15) is 19.5 Å². The highest BCUT2D eigenvalue weighted by Crippen LogP contribution is 2.50. The molecule has 2 aliphatic rings. The molecule has 0 aromatic carbocycles. The number of carbonyl (C=O) groups excluding carboxylic acids is 2. The van der Waals surface area contributed by atoms with Gasteiger partial charge in [-0.15, -0.1) is 11.8 Å². The summed E-state index contributed by atoms with van der Waals surface area (Å²) in [5.74, 6) is -2.02. The average molecular weight is 329 g/mol. The highest BCUT2D eigenvalue weighted by molar-refractivity contribution is 8.03. The summed E-state index contributed by atoms with van der Waals surface area (Å²) in [5.41, 5.74) is 5.18. The minimum atomic E-state index is -1.15. The third-order valence-electron chi connectivity index (χ3n) is 3.99. The predicted octanol–water partition coefficient (Wildman–Crippen LogP) is -1.09. The van der Waals surface area contributed by atoms with Gasteiger partial charge in [0.15, 0.2) is 0 Å². The van der Waals surface area contributed by atoms with Crippen molar-refractivity contribution in [3.63, 3.8) is 0 Å². The first-order valence-electron chi connectivity index (χ1n) is 6.95. The highest BCUT2D eigenvalue weighted by Gasteiger charge is 2.58. The molecule has 2 aliphatic heterocycles. The standard InChI is InChI=1S/C13H19N3O5S/c1-6-9-7(2-3-17)12(19)16(9)10(13(20)21)11(6)22-5-15-8(18)4-14/h6-7,9,17H,2-5,14H2,1H3,(H,15,18)(H,20,21)/t6-,7+,9-/m1/s1. The lowest BCUT2D eigenvalue weighted by Gasteiger charge is -2.45. The van der Waals surface area contributed by atoms with Crippen molar-refractivity contribution in [2.45, 2.75) is 19.4 Å². The number of amides is 2. The summed E-state index contributed by atoms with van der Waals surface area (Å²) in [6.07, 6.45) is 0.332. The molecule has 0 bridgehead atoms. The van der Waals surface area contributed by atoms with Crippen LogP contribution in [0, 0.1) is 11.8 Å². The molecule has 9 heteroatoms. The maximum atomic E-state index is 12.1. The monoisotopic (exact) mass is 329 g/mol. The molecule has 2 amide bonds. The summed E-state index contributed by atoms with van der Waals surface area (Å²) in [4.78, 5) is 36.6. The molecule has 0 aromatic rings. The molecule has 5 N–H and O–H groups in total. The van der Waals surface area contributed by atoms with Gasteiger partial charge < -0.3 is 26.2 Å². The van der Waals surface area contributed by atoms with Crippen LogP contribution in [0.15, 0.2) is 10.6 Å². The fourth-order valence-corrected chi connectivity index (χ4v) is 4.11. The molecule has 2 rings (SSSR count). The molecule has 0 saturated carbocycles. The molecule has 1 fully saturated rings. The number of carboxylic acids is 1. The molecule has 2 heterocycles. The van der Waals surface area contributed by atoms with Crippen molar-refractivity contribution >= 4 is 29.5 Å². The third kappa shape index (κ3) is 2.71. The molecule has 0 unspecified atom stereocenters. The Bertz CT molecular complexity index is 536. The minimum absolute atomic E-state index is 0.0105.